The topological polar surface area (TPSA) is 191 Å². The summed E-state index contributed by atoms with van der Waals surface area (Å²) in [5.41, 5.74) is 6.39. The van der Waals surface area contributed by atoms with E-state index in [-0.39, 0.29) is 79.2 Å². The third-order valence-electron chi connectivity index (χ3n) is 12.8. The van der Waals surface area contributed by atoms with Crippen LogP contribution in [0.15, 0.2) is 84.4 Å². The molecule has 0 bridgehead atoms. The van der Waals surface area contributed by atoms with Gasteiger partial charge in [-0.1, -0.05) is 83.5 Å². The highest BCUT2D eigenvalue weighted by Gasteiger charge is 2.34. The standard InChI is InChI=1S/C51H60N8O7.C2H6/c1-33(2)49(55-45(61)14-5-4-7-25-58-46(62)19-20-47(58)63)44(60)27-34(3)50(65)54-22-6-8-26-59-51(66)41(39-11-9-13-42-40(39)12-10-23-53-42)29-43(56-59)36-17-15-35(16-18-36)28-48(64)57-31-37-21-24-52-30-38(37)32-57;1-2/h9-13,15-18,21,23-24,30,33-34,41,49H,4-8,14,19-20,22,25-29,31-32H2,1-3H3,(H,54,65)(H,55,61);1-2H3/t34-,41?,49+;/m1./s1. The van der Waals surface area contributed by atoms with Crippen LogP contribution in [-0.2, 0) is 53.1 Å². The molecule has 0 spiro atoms. The number of aromatic nitrogens is 2. The summed E-state index contributed by atoms with van der Waals surface area (Å²) in [6, 6.07) is 18.7. The number of rotatable bonds is 21. The number of hydrazone groups is 1. The van der Waals surface area contributed by atoms with Gasteiger partial charge < -0.3 is 15.5 Å². The van der Waals surface area contributed by atoms with Gasteiger partial charge in [0.05, 0.1) is 29.6 Å². The molecule has 4 aromatic rings. The van der Waals surface area contributed by atoms with E-state index in [2.05, 4.69) is 20.6 Å². The molecule has 2 aromatic heterocycles. The molecule has 1 saturated heterocycles. The van der Waals surface area contributed by atoms with Gasteiger partial charge in [0.2, 0.25) is 29.5 Å². The molecule has 3 aliphatic rings. The molecule has 7 rings (SSSR count). The Morgan fingerprint density at radius 2 is 1.53 bits per heavy atom. The number of benzene rings is 2. The third kappa shape index (κ3) is 13.1. The highest BCUT2D eigenvalue weighted by Crippen LogP contribution is 2.34. The molecule has 6 amide bonds. The first-order chi connectivity index (χ1) is 32.9. The van der Waals surface area contributed by atoms with Crippen molar-refractivity contribution in [2.24, 2.45) is 16.9 Å². The minimum atomic E-state index is -0.729. The molecule has 2 aromatic carbocycles. The Morgan fingerprint density at radius 3 is 2.26 bits per heavy atom. The Morgan fingerprint density at radius 1 is 0.794 bits per heavy atom. The molecule has 68 heavy (non-hydrogen) atoms. The maximum absolute atomic E-state index is 14.2. The van der Waals surface area contributed by atoms with Crippen LogP contribution < -0.4 is 10.6 Å². The molecule has 1 unspecified atom stereocenters. The summed E-state index contributed by atoms with van der Waals surface area (Å²) in [6.45, 7) is 11.6. The molecule has 1 fully saturated rings. The van der Waals surface area contributed by atoms with Crippen molar-refractivity contribution in [2.45, 2.75) is 130 Å². The number of nitrogens with zero attached hydrogens (tertiary/aromatic N) is 6. The van der Waals surface area contributed by atoms with Gasteiger partial charge in [-0.25, -0.2) is 5.01 Å². The van der Waals surface area contributed by atoms with Crippen molar-refractivity contribution in [2.75, 3.05) is 19.6 Å². The number of pyridine rings is 2. The van der Waals surface area contributed by atoms with Crippen LogP contribution in [0.2, 0.25) is 0 Å². The lowest BCUT2D eigenvalue weighted by atomic mass is 9.86. The van der Waals surface area contributed by atoms with E-state index in [1.54, 1.807) is 24.3 Å². The zero-order valence-corrected chi connectivity index (χ0v) is 40.2. The first-order valence-electron chi connectivity index (χ1n) is 24.3. The Kier molecular flexibility index (Phi) is 18.2. The first-order valence-corrected chi connectivity index (χ1v) is 24.3. The molecule has 3 aliphatic heterocycles. The number of hydrogen-bond acceptors (Lipinski definition) is 10. The van der Waals surface area contributed by atoms with Crippen molar-refractivity contribution in [1.29, 1.82) is 0 Å². The van der Waals surface area contributed by atoms with Crippen LogP contribution in [0.4, 0.5) is 0 Å². The lowest BCUT2D eigenvalue weighted by Gasteiger charge is -2.30. The average Bonchev–Trinajstić information content (AvgIpc) is 3.93. The number of likely N-dealkylation sites (tertiary alicyclic amines) is 1. The molecule has 0 aliphatic carbocycles. The zero-order chi connectivity index (χ0) is 48.7. The number of Topliss-reactive ketones (excluding diaryl/α,β-unsaturated/α-hetero) is 1. The summed E-state index contributed by atoms with van der Waals surface area (Å²) in [6.07, 6.45) is 9.67. The Hall–Kier alpha value is -6.64. The summed E-state index contributed by atoms with van der Waals surface area (Å²) in [7, 11) is 0. The number of imide groups is 1. The summed E-state index contributed by atoms with van der Waals surface area (Å²) >= 11 is 0. The molecule has 5 heterocycles. The van der Waals surface area contributed by atoms with Crippen LogP contribution in [0.1, 0.15) is 133 Å². The number of ketones is 1. The van der Waals surface area contributed by atoms with Gasteiger partial charge in [-0.05, 0) is 77.6 Å². The fourth-order valence-electron chi connectivity index (χ4n) is 8.97. The summed E-state index contributed by atoms with van der Waals surface area (Å²) in [5.74, 6) is -2.37. The maximum atomic E-state index is 14.2. The van der Waals surface area contributed by atoms with E-state index in [1.165, 1.54) is 4.90 Å². The van der Waals surface area contributed by atoms with Gasteiger partial charge in [0.1, 0.15) is 0 Å². The predicted molar refractivity (Wildman–Crippen MR) is 260 cm³/mol. The predicted octanol–water partition coefficient (Wildman–Crippen LogP) is 6.80. The van der Waals surface area contributed by atoms with Crippen molar-refractivity contribution in [3.8, 4) is 0 Å². The van der Waals surface area contributed by atoms with Crippen LogP contribution in [-0.4, -0.2) is 97.4 Å². The molecule has 0 radical (unpaired) electrons. The largest absolute Gasteiger partial charge is 0.356 e. The van der Waals surface area contributed by atoms with Crippen molar-refractivity contribution in [3.05, 3.63) is 107 Å². The Labute approximate surface area is 399 Å². The lowest BCUT2D eigenvalue weighted by Crippen LogP contribution is -2.45. The van der Waals surface area contributed by atoms with Gasteiger partial charge in [0.25, 0.3) is 5.91 Å². The first kappa shape index (κ1) is 50.8. The zero-order valence-electron chi connectivity index (χ0n) is 40.2. The average molecular weight is 927 g/mol. The second-order valence-corrected chi connectivity index (χ2v) is 18.1. The molecule has 3 atom stereocenters. The van der Waals surface area contributed by atoms with Gasteiger partial charge in [-0.15, -0.1) is 0 Å². The van der Waals surface area contributed by atoms with Gasteiger partial charge in [-0.3, -0.25) is 48.4 Å². The second kappa shape index (κ2) is 24.4. The molecular weight excluding hydrogens is 861 g/mol. The van der Waals surface area contributed by atoms with Gasteiger partial charge in [0, 0.05) is 94.7 Å². The number of carbonyl (C=O) groups is 7. The van der Waals surface area contributed by atoms with Crippen LogP contribution >= 0.6 is 0 Å². The van der Waals surface area contributed by atoms with E-state index in [9.17, 15) is 33.6 Å². The maximum Gasteiger partial charge on any atom is 0.250 e. The van der Waals surface area contributed by atoms with Crippen LogP contribution in [0.25, 0.3) is 10.9 Å². The molecule has 15 heteroatoms. The van der Waals surface area contributed by atoms with Gasteiger partial charge in [0.15, 0.2) is 5.78 Å². The molecule has 0 saturated carbocycles. The van der Waals surface area contributed by atoms with Crippen LogP contribution in [0.5, 0.6) is 0 Å². The SMILES string of the molecule is CC.CC(C)[C@H](NC(=O)CCCCCN1C(=O)CCC1=O)C(=O)C[C@@H](C)C(=O)NCCCCN1N=C(c2ccc(CC(=O)N3Cc4ccncc4C3)cc2)CC(c2cccc3ncccc23)C1=O. The van der Waals surface area contributed by atoms with Gasteiger partial charge >= 0.3 is 0 Å². The second-order valence-electron chi connectivity index (χ2n) is 18.1. The molecular formula is C53H66N8O7. The Bertz CT molecular complexity index is 2440. The smallest absolute Gasteiger partial charge is 0.250 e. The third-order valence-corrected chi connectivity index (χ3v) is 12.8. The van der Waals surface area contributed by atoms with Gasteiger partial charge in [-0.2, -0.15) is 5.10 Å². The van der Waals surface area contributed by atoms with E-state index in [0.29, 0.717) is 71.2 Å². The van der Waals surface area contributed by atoms with Crippen molar-refractivity contribution >= 4 is 57.8 Å². The number of fused-ring (bicyclic) bond motifs is 2. The van der Waals surface area contributed by atoms with E-state index in [4.69, 9.17) is 5.10 Å². The highest BCUT2D eigenvalue weighted by atomic mass is 16.2. The summed E-state index contributed by atoms with van der Waals surface area (Å²) in [4.78, 5) is 102. The highest BCUT2D eigenvalue weighted by molar-refractivity contribution is 6.07. The molecule has 15 nitrogen and oxygen atoms in total. The van der Waals surface area contributed by atoms with E-state index in [0.717, 1.165) is 44.4 Å². The number of nitrogens with one attached hydrogen (secondary N) is 2. The van der Waals surface area contributed by atoms with Crippen molar-refractivity contribution in [1.82, 2.24) is 35.4 Å². The lowest BCUT2D eigenvalue weighted by molar-refractivity contribution is -0.138. The fraction of sp³-hybridized carbons (Fsp3) is 0.472. The van der Waals surface area contributed by atoms with E-state index in [1.807, 2.05) is 99.5 Å². The van der Waals surface area contributed by atoms with Crippen molar-refractivity contribution in [3.63, 3.8) is 0 Å². The number of carbonyl (C=O) groups excluding carboxylic acids is 7. The van der Waals surface area contributed by atoms with Crippen LogP contribution in [0, 0.1) is 11.8 Å². The molecule has 360 valence electrons. The fourth-order valence-corrected chi connectivity index (χ4v) is 8.97. The molecule has 2 N–H and O–H groups in total. The summed E-state index contributed by atoms with van der Waals surface area (Å²) in [5, 5.41) is 13.1. The monoisotopic (exact) mass is 927 g/mol. The van der Waals surface area contributed by atoms with E-state index >= 15 is 0 Å². The van der Waals surface area contributed by atoms with E-state index < -0.39 is 17.9 Å². The number of amides is 6. The number of hydrogen-bond donors (Lipinski definition) is 2. The minimum absolute atomic E-state index is 0.0276. The van der Waals surface area contributed by atoms with Crippen molar-refractivity contribution < 1.29 is 33.6 Å². The Balaban J connectivity index is 0.00000376. The minimum Gasteiger partial charge on any atom is -0.356 e. The van der Waals surface area contributed by atoms with Crippen LogP contribution in [0.3, 0.4) is 0 Å². The number of unbranched alkanes of at least 4 members (excludes halogenated alkanes) is 3. The summed E-state index contributed by atoms with van der Waals surface area (Å²) < 4.78 is 0. The normalized spacial score (nSPS) is 16.6. The quantitative estimate of drug-likeness (QED) is 0.0668.